The molecule has 3 aliphatic rings. The molecule has 2 aromatic rings. The molecule has 2 saturated heterocycles. The van der Waals surface area contributed by atoms with E-state index in [-0.39, 0.29) is 41.6 Å². The van der Waals surface area contributed by atoms with E-state index in [1.54, 1.807) is 12.1 Å². The van der Waals surface area contributed by atoms with Gasteiger partial charge in [-0.15, -0.1) is 0 Å². The van der Waals surface area contributed by atoms with Crippen molar-refractivity contribution in [2.75, 3.05) is 50.0 Å². The van der Waals surface area contributed by atoms with Crippen LogP contribution in [0.4, 0.5) is 20.4 Å². The molecule has 186 valence electrons. The van der Waals surface area contributed by atoms with Crippen molar-refractivity contribution in [3.8, 4) is 0 Å². The quantitative estimate of drug-likeness (QED) is 0.701. The highest BCUT2D eigenvalue weighted by atomic mass is 19.3. The molecule has 7 nitrogen and oxygen atoms in total. The maximum Gasteiger partial charge on any atom is 0.265 e. The smallest absolute Gasteiger partial charge is 0.265 e. The molecule has 3 fully saturated rings. The molecule has 3 heterocycles. The lowest BCUT2D eigenvalue weighted by Crippen LogP contribution is -2.50. The number of halogens is 2. The van der Waals surface area contributed by atoms with E-state index in [9.17, 15) is 18.4 Å². The van der Waals surface area contributed by atoms with E-state index in [0.29, 0.717) is 31.9 Å². The summed E-state index contributed by atoms with van der Waals surface area (Å²) in [5, 5.41) is 2.79. The second kappa shape index (κ2) is 9.53. The summed E-state index contributed by atoms with van der Waals surface area (Å²) in [6, 6.07) is 12.9. The molecule has 0 radical (unpaired) electrons. The number of piperazine rings is 1. The molecule has 1 N–H and O–H groups in total. The number of rotatable bonds is 5. The van der Waals surface area contributed by atoms with Gasteiger partial charge in [-0.05, 0) is 44.0 Å². The SMILES string of the molecule is CN1CCN(C(=O)c2ccc(NC(=O)C3CC3)nc2N2CCCC(F)(F)C2)C(c2ccccc2)C1. The third-order valence-corrected chi connectivity index (χ3v) is 7.03. The van der Waals surface area contributed by atoms with Crippen LogP contribution >= 0.6 is 0 Å². The van der Waals surface area contributed by atoms with Gasteiger partial charge in [-0.2, -0.15) is 0 Å². The van der Waals surface area contributed by atoms with Crippen LogP contribution in [0.3, 0.4) is 0 Å². The number of anilines is 2. The maximum atomic E-state index is 14.3. The fourth-order valence-corrected chi connectivity index (χ4v) is 4.92. The molecule has 0 bridgehead atoms. The van der Waals surface area contributed by atoms with Crippen molar-refractivity contribution in [3.05, 3.63) is 53.6 Å². The average molecular weight is 484 g/mol. The zero-order chi connectivity index (χ0) is 24.6. The normalized spacial score (nSPS) is 22.7. The topological polar surface area (TPSA) is 68.8 Å². The van der Waals surface area contributed by atoms with Crippen molar-refractivity contribution in [3.63, 3.8) is 0 Å². The molecular weight excluding hydrogens is 452 g/mol. The van der Waals surface area contributed by atoms with Crippen LogP contribution in [0.25, 0.3) is 0 Å². The summed E-state index contributed by atoms with van der Waals surface area (Å²) in [7, 11) is 2.03. The number of amides is 2. The van der Waals surface area contributed by atoms with Crippen molar-refractivity contribution in [2.24, 2.45) is 5.92 Å². The Bertz CT molecular complexity index is 1090. The lowest BCUT2D eigenvalue weighted by atomic mass is 10.0. The molecule has 1 aliphatic carbocycles. The van der Waals surface area contributed by atoms with E-state index in [0.717, 1.165) is 24.9 Å². The Morgan fingerprint density at radius 3 is 2.54 bits per heavy atom. The van der Waals surface area contributed by atoms with E-state index in [2.05, 4.69) is 15.2 Å². The van der Waals surface area contributed by atoms with Crippen molar-refractivity contribution in [1.82, 2.24) is 14.8 Å². The van der Waals surface area contributed by atoms with Crippen molar-refractivity contribution in [2.45, 2.75) is 37.6 Å². The van der Waals surface area contributed by atoms with Crippen LogP contribution in [0.15, 0.2) is 42.5 Å². The molecule has 1 unspecified atom stereocenters. The number of carbonyl (C=O) groups is 2. The minimum Gasteiger partial charge on any atom is -0.350 e. The molecule has 2 aliphatic heterocycles. The molecule has 1 aromatic heterocycles. The number of nitrogens with one attached hydrogen (secondary N) is 1. The van der Waals surface area contributed by atoms with Gasteiger partial charge in [0.25, 0.3) is 11.8 Å². The average Bonchev–Trinajstić information content (AvgIpc) is 3.69. The van der Waals surface area contributed by atoms with E-state index in [1.807, 2.05) is 42.3 Å². The van der Waals surface area contributed by atoms with Crippen LogP contribution < -0.4 is 10.2 Å². The van der Waals surface area contributed by atoms with Gasteiger partial charge in [-0.25, -0.2) is 13.8 Å². The van der Waals surface area contributed by atoms with Crippen LogP contribution in [0.2, 0.25) is 0 Å². The van der Waals surface area contributed by atoms with Crippen LogP contribution in [-0.4, -0.2) is 72.3 Å². The highest BCUT2D eigenvalue weighted by molar-refractivity contribution is 6.00. The molecule has 1 saturated carbocycles. The lowest BCUT2D eigenvalue weighted by molar-refractivity contribution is -0.117. The first-order chi connectivity index (χ1) is 16.8. The lowest BCUT2D eigenvalue weighted by Gasteiger charge is -2.41. The van der Waals surface area contributed by atoms with Gasteiger partial charge < -0.3 is 20.0 Å². The number of pyridine rings is 1. The van der Waals surface area contributed by atoms with E-state index < -0.39 is 12.5 Å². The Hall–Kier alpha value is -3.07. The second-order valence-electron chi connectivity index (χ2n) is 9.90. The Kier molecular flexibility index (Phi) is 6.44. The molecule has 35 heavy (non-hydrogen) atoms. The molecule has 2 amide bonds. The largest absolute Gasteiger partial charge is 0.350 e. The zero-order valence-corrected chi connectivity index (χ0v) is 19.9. The molecule has 5 rings (SSSR count). The highest BCUT2D eigenvalue weighted by Crippen LogP contribution is 2.35. The van der Waals surface area contributed by atoms with Gasteiger partial charge >= 0.3 is 0 Å². The van der Waals surface area contributed by atoms with Gasteiger partial charge in [0.15, 0.2) is 0 Å². The van der Waals surface area contributed by atoms with Crippen molar-refractivity contribution < 1.29 is 18.4 Å². The summed E-state index contributed by atoms with van der Waals surface area (Å²) in [5.74, 6) is -2.71. The third-order valence-electron chi connectivity index (χ3n) is 7.03. The summed E-state index contributed by atoms with van der Waals surface area (Å²) in [5.41, 5.74) is 1.32. The highest BCUT2D eigenvalue weighted by Gasteiger charge is 2.39. The predicted molar refractivity (Wildman–Crippen MR) is 130 cm³/mol. The Balaban J connectivity index is 1.49. The van der Waals surface area contributed by atoms with Gasteiger partial charge in [-0.3, -0.25) is 9.59 Å². The van der Waals surface area contributed by atoms with Crippen molar-refractivity contribution >= 4 is 23.5 Å². The Labute approximate surface area is 204 Å². The van der Waals surface area contributed by atoms with Crippen LogP contribution in [-0.2, 0) is 4.79 Å². The molecule has 0 spiro atoms. The number of nitrogens with zero attached hydrogens (tertiary/aromatic N) is 4. The van der Waals surface area contributed by atoms with Gasteiger partial charge in [0, 0.05) is 38.5 Å². The number of alkyl halides is 2. The Morgan fingerprint density at radius 2 is 1.83 bits per heavy atom. The van der Waals surface area contributed by atoms with Crippen LogP contribution in [0, 0.1) is 5.92 Å². The standard InChI is InChI=1S/C26H31F2N5O2/c1-31-14-15-33(21(16-31)18-6-3-2-4-7-18)25(35)20-10-11-22(30-24(34)19-8-9-19)29-23(20)32-13-5-12-26(27,28)17-32/h2-4,6-7,10-11,19,21H,5,8-9,12-17H2,1H3,(H,29,30,34). The molecule has 1 atom stereocenters. The van der Waals surface area contributed by atoms with E-state index >= 15 is 0 Å². The van der Waals surface area contributed by atoms with E-state index in [1.165, 1.54) is 4.90 Å². The minimum absolute atomic E-state index is 0.0159. The second-order valence-corrected chi connectivity index (χ2v) is 9.90. The first-order valence-electron chi connectivity index (χ1n) is 12.3. The first-order valence-corrected chi connectivity index (χ1v) is 12.3. The summed E-state index contributed by atoms with van der Waals surface area (Å²) in [6.07, 6.45) is 1.82. The summed E-state index contributed by atoms with van der Waals surface area (Å²) in [6.45, 7) is 1.80. The summed E-state index contributed by atoms with van der Waals surface area (Å²) >= 11 is 0. The number of hydrogen-bond donors (Lipinski definition) is 1. The monoisotopic (exact) mass is 483 g/mol. The zero-order valence-electron chi connectivity index (χ0n) is 19.9. The number of likely N-dealkylation sites (N-methyl/N-ethyl adjacent to an activating group) is 1. The Morgan fingerprint density at radius 1 is 1.06 bits per heavy atom. The molecule has 1 aromatic carbocycles. The van der Waals surface area contributed by atoms with Gasteiger partial charge in [0.2, 0.25) is 5.91 Å². The fraction of sp³-hybridized carbons (Fsp3) is 0.500. The van der Waals surface area contributed by atoms with Crippen molar-refractivity contribution in [1.29, 1.82) is 0 Å². The van der Waals surface area contributed by atoms with Crippen LogP contribution in [0.1, 0.15) is 47.6 Å². The number of benzene rings is 1. The van der Waals surface area contributed by atoms with Gasteiger partial charge in [-0.1, -0.05) is 30.3 Å². The number of aromatic nitrogens is 1. The van der Waals surface area contributed by atoms with Crippen LogP contribution in [0.5, 0.6) is 0 Å². The molecular formula is C26H31F2N5O2. The van der Waals surface area contributed by atoms with E-state index in [4.69, 9.17) is 0 Å². The fourth-order valence-electron chi connectivity index (χ4n) is 4.92. The summed E-state index contributed by atoms with van der Waals surface area (Å²) < 4.78 is 28.7. The van der Waals surface area contributed by atoms with Gasteiger partial charge in [0.05, 0.1) is 18.2 Å². The minimum atomic E-state index is -2.85. The number of piperidine rings is 1. The summed E-state index contributed by atoms with van der Waals surface area (Å²) in [4.78, 5) is 36.3. The first kappa shape index (κ1) is 23.7. The maximum absolute atomic E-state index is 14.3. The van der Waals surface area contributed by atoms with Gasteiger partial charge in [0.1, 0.15) is 11.6 Å². The number of carbonyl (C=O) groups excluding carboxylic acids is 2. The third kappa shape index (κ3) is 5.29. The molecule has 9 heteroatoms. The predicted octanol–water partition coefficient (Wildman–Crippen LogP) is 3.79. The number of hydrogen-bond acceptors (Lipinski definition) is 5.